The van der Waals surface area contributed by atoms with Crippen LogP contribution in [0.5, 0.6) is 0 Å². The molecule has 1 heteroatoms. The minimum Gasteiger partial charge on any atom is -0.460 e. The van der Waals surface area contributed by atoms with Gasteiger partial charge in [-0.2, -0.15) is 0 Å². The predicted molar refractivity (Wildman–Crippen MR) is 86.6 cm³/mol. The molecule has 4 aromatic rings. The van der Waals surface area contributed by atoms with Crippen molar-refractivity contribution in [2.75, 3.05) is 0 Å². The number of fused-ring (bicyclic) bond motifs is 7. The fourth-order valence-corrected chi connectivity index (χ4v) is 3.58. The third-order valence-electron chi connectivity index (χ3n) is 4.56. The van der Waals surface area contributed by atoms with Gasteiger partial charge < -0.3 is 4.42 Å². The molecule has 0 atom stereocenters. The van der Waals surface area contributed by atoms with Crippen molar-refractivity contribution in [3.8, 4) is 11.1 Å². The smallest absolute Gasteiger partial charge is 0.142 e. The average molecular weight is 270 g/mol. The van der Waals surface area contributed by atoms with E-state index >= 15 is 0 Å². The zero-order valence-electron chi connectivity index (χ0n) is 11.6. The topological polar surface area (TPSA) is 13.1 Å². The molecule has 5 rings (SSSR count). The van der Waals surface area contributed by atoms with Crippen LogP contribution >= 0.6 is 0 Å². The summed E-state index contributed by atoms with van der Waals surface area (Å²) in [6.45, 7) is 0. The Labute approximate surface area is 122 Å². The van der Waals surface area contributed by atoms with Crippen LogP contribution in [0.2, 0.25) is 0 Å². The van der Waals surface area contributed by atoms with Gasteiger partial charge in [-0.05, 0) is 29.0 Å². The third kappa shape index (κ3) is 1.46. The molecule has 1 aromatic heterocycles. The summed E-state index contributed by atoms with van der Waals surface area (Å²) in [6, 6.07) is 21.6. The zero-order chi connectivity index (χ0) is 13.8. The molecule has 0 N–H and O–H groups in total. The van der Waals surface area contributed by atoms with Gasteiger partial charge in [-0.3, -0.25) is 0 Å². The first-order chi connectivity index (χ1) is 10.4. The summed E-state index contributed by atoms with van der Waals surface area (Å²) in [4.78, 5) is 0. The van der Waals surface area contributed by atoms with Crippen LogP contribution in [0.25, 0.3) is 32.9 Å². The number of rotatable bonds is 0. The van der Waals surface area contributed by atoms with Crippen molar-refractivity contribution in [2.45, 2.75) is 12.8 Å². The Hall–Kier alpha value is -2.54. The normalized spacial score (nSPS) is 13.3. The van der Waals surface area contributed by atoms with Gasteiger partial charge in [0.25, 0.3) is 0 Å². The standard InChI is InChI=1S/C20H14O/c1-3-7-15-13(5-1)10-12-18-19(15)17-11-9-14-6-2-4-8-16(14)20(17)21-18/h1-9,11H,10,12H2. The fraction of sp³-hybridized carbons (Fsp3) is 0.100. The van der Waals surface area contributed by atoms with Crippen LogP contribution < -0.4 is 0 Å². The van der Waals surface area contributed by atoms with Crippen molar-refractivity contribution >= 4 is 21.7 Å². The second-order valence-electron chi connectivity index (χ2n) is 5.72. The van der Waals surface area contributed by atoms with Crippen molar-refractivity contribution in [3.63, 3.8) is 0 Å². The van der Waals surface area contributed by atoms with E-state index in [9.17, 15) is 0 Å². The Kier molecular flexibility index (Phi) is 2.12. The first-order valence-electron chi connectivity index (χ1n) is 7.43. The predicted octanol–water partition coefficient (Wildman–Crippen LogP) is 5.35. The first-order valence-corrected chi connectivity index (χ1v) is 7.43. The Balaban J connectivity index is 1.95. The van der Waals surface area contributed by atoms with Crippen LogP contribution in [0, 0.1) is 0 Å². The largest absolute Gasteiger partial charge is 0.460 e. The molecule has 0 aliphatic heterocycles. The number of hydrogen-bond donors (Lipinski definition) is 0. The highest BCUT2D eigenvalue weighted by Crippen LogP contribution is 2.42. The maximum Gasteiger partial charge on any atom is 0.142 e. The summed E-state index contributed by atoms with van der Waals surface area (Å²) >= 11 is 0. The molecule has 1 aliphatic carbocycles. The van der Waals surface area contributed by atoms with E-state index in [1.54, 1.807) is 0 Å². The van der Waals surface area contributed by atoms with Crippen LogP contribution in [-0.2, 0) is 12.8 Å². The van der Waals surface area contributed by atoms with E-state index in [1.165, 1.54) is 32.8 Å². The van der Waals surface area contributed by atoms with Crippen molar-refractivity contribution in [1.82, 2.24) is 0 Å². The van der Waals surface area contributed by atoms with E-state index in [0.29, 0.717) is 0 Å². The molecule has 21 heavy (non-hydrogen) atoms. The summed E-state index contributed by atoms with van der Waals surface area (Å²) in [5.74, 6) is 1.14. The number of furan rings is 1. The van der Waals surface area contributed by atoms with Gasteiger partial charge in [0, 0.05) is 22.8 Å². The highest BCUT2D eigenvalue weighted by atomic mass is 16.3. The van der Waals surface area contributed by atoms with Gasteiger partial charge >= 0.3 is 0 Å². The molecule has 1 heterocycles. The monoisotopic (exact) mass is 270 g/mol. The first kappa shape index (κ1) is 11.2. The fourth-order valence-electron chi connectivity index (χ4n) is 3.58. The van der Waals surface area contributed by atoms with E-state index in [-0.39, 0.29) is 0 Å². The molecule has 0 radical (unpaired) electrons. The number of benzene rings is 3. The highest BCUT2D eigenvalue weighted by Gasteiger charge is 2.23. The lowest BCUT2D eigenvalue weighted by molar-refractivity contribution is 0.548. The van der Waals surface area contributed by atoms with Crippen LogP contribution in [0.4, 0.5) is 0 Å². The van der Waals surface area contributed by atoms with Crippen LogP contribution in [0.1, 0.15) is 11.3 Å². The number of aryl methyl sites for hydroxylation is 2. The molecular formula is C20H14O. The summed E-state index contributed by atoms with van der Waals surface area (Å²) in [7, 11) is 0. The minimum atomic E-state index is 0.995. The highest BCUT2D eigenvalue weighted by molar-refractivity contribution is 6.10. The van der Waals surface area contributed by atoms with Crippen LogP contribution in [0.15, 0.2) is 65.1 Å². The van der Waals surface area contributed by atoms with Crippen molar-refractivity contribution in [3.05, 3.63) is 72.0 Å². The van der Waals surface area contributed by atoms with Crippen LogP contribution in [-0.4, -0.2) is 0 Å². The Morgan fingerprint density at radius 1 is 0.714 bits per heavy atom. The summed E-state index contributed by atoms with van der Waals surface area (Å²) < 4.78 is 6.26. The Bertz CT molecular complexity index is 991. The van der Waals surface area contributed by atoms with Gasteiger partial charge in [0.2, 0.25) is 0 Å². The molecular weight excluding hydrogens is 256 g/mol. The Morgan fingerprint density at radius 2 is 1.57 bits per heavy atom. The maximum atomic E-state index is 6.26. The van der Waals surface area contributed by atoms with E-state index in [1.807, 2.05) is 0 Å². The third-order valence-corrected chi connectivity index (χ3v) is 4.56. The zero-order valence-corrected chi connectivity index (χ0v) is 11.6. The van der Waals surface area contributed by atoms with E-state index in [2.05, 4.69) is 60.7 Å². The quantitative estimate of drug-likeness (QED) is 0.419. The molecule has 100 valence electrons. The lowest BCUT2D eigenvalue weighted by Crippen LogP contribution is -2.00. The second-order valence-corrected chi connectivity index (χ2v) is 5.72. The Morgan fingerprint density at radius 3 is 2.57 bits per heavy atom. The summed E-state index contributed by atoms with van der Waals surface area (Å²) in [5, 5.41) is 3.70. The van der Waals surface area contributed by atoms with Crippen molar-refractivity contribution in [2.24, 2.45) is 0 Å². The van der Waals surface area contributed by atoms with Gasteiger partial charge in [-0.25, -0.2) is 0 Å². The van der Waals surface area contributed by atoms with Crippen molar-refractivity contribution in [1.29, 1.82) is 0 Å². The van der Waals surface area contributed by atoms with Gasteiger partial charge in [-0.1, -0.05) is 54.6 Å². The molecule has 0 saturated heterocycles. The van der Waals surface area contributed by atoms with E-state index in [4.69, 9.17) is 4.42 Å². The lowest BCUT2D eigenvalue weighted by Gasteiger charge is -2.14. The van der Waals surface area contributed by atoms with E-state index in [0.717, 1.165) is 24.2 Å². The van der Waals surface area contributed by atoms with Crippen LogP contribution in [0.3, 0.4) is 0 Å². The summed E-state index contributed by atoms with van der Waals surface area (Å²) in [5.41, 5.74) is 5.11. The molecule has 1 aliphatic rings. The van der Waals surface area contributed by atoms with Gasteiger partial charge in [0.05, 0.1) is 0 Å². The van der Waals surface area contributed by atoms with E-state index < -0.39 is 0 Å². The second kappa shape index (κ2) is 3.98. The SMILES string of the molecule is c1ccc2c(c1)CCc1oc3c(ccc4ccccc43)c1-2. The molecule has 1 nitrogen and oxygen atoms in total. The molecule has 0 bridgehead atoms. The molecule has 0 saturated carbocycles. The molecule has 0 fully saturated rings. The molecule has 0 amide bonds. The van der Waals surface area contributed by atoms with Gasteiger partial charge in [-0.15, -0.1) is 0 Å². The molecule has 0 unspecified atom stereocenters. The minimum absolute atomic E-state index is 0.995. The average Bonchev–Trinajstić information content (AvgIpc) is 2.94. The van der Waals surface area contributed by atoms with Gasteiger partial charge in [0.15, 0.2) is 0 Å². The lowest BCUT2D eigenvalue weighted by atomic mass is 9.88. The number of hydrogen-bond acceptors (Lipinski definition) is 1. The molecule has 0 spiro atoms. The van der Waals surface area contributed by atoms with Gasteiger partial charge in [0.1, 0.15) is 11.3 Å². The molecule has 3 aromatic carbocycles. The maximum absolute atomic E-state index is 6.26. The van der Waals surface area contributed by atoms with Crippen molar-refractivity contribution < 1.29 is 4.42 Å². The summed E-state index contributed by atoms with van der Waals surface area (Å²) in [6.07, 6.45) is 2.07.